The molecule has 0 spiro atoms. The second-order valence-corrected chi connectivity index (χ2v) is 3.88. The van der Waals surface area contributed by atoms with Gasteiger partial charge in [0, 0.05) is 25.9 Å². The van der Waals surface area contributed by atoms with Crippen LogP contribution < -0.4 is 10.6 Å². The lowest BCUT2D eigenvalue weighted by Crippen LogP contribution is -2.28. The maximum Gasteiger partial charge on any atom is 0.123 e. The molecule has 0 atom stereocenters. The molecular formula is C13H21FN2O. The van der Waals surface area contributed by atoms with E-state index < -0.39 is 0 Å². The number of likely N-dealkylation sites (N-methyl/N-ethyl adjacent to an activating group) is 1. The number of anilines is 1. The summed E-state index contributed by atoms with van der Waals surface area (Å²) in [5.74, 6) is -0.208. The Bertz CT molecular complexity index is 344. The summed E-state index contributed by atoms with van der Waals surface area (Å²) in [5.41, 5.74) is 7.57. The standard InChI is InChI=1S/C13H21FN2O/c1-3-16(8-9-17-2)13-5-4-12(14)10-11(13)6-7-15/h4-5,10H,3,6-9,15H2,1-2H3. The van der Waals surface area contributed by atoms with E-state index in [9.17, 15) is 4.39 Å². The Kier molecular flexibility index (Phi) is 5.94. The smallest absolute Gasteiger partial charge is 0.123 e. The van der Waals surface area contributed by atoms with Crippen LogP contribution in [0, 0.1) is 5.82 Å². The van der Waals surface area contributed by atoms with Crippen molar-refractivity contribution in [2.45, 2.75) is 13.3 Å². The molecule has 0 radical (unpaired) electrons. The van der Waals surface area contributed by atoms with E-state index in [0.29, 0.717) is 19.6 Å². The SMILES string of the molecule is CCN(CCOC)c1ccc(F)cc1CCN. The van der Waals surface area contributed by atoms with Crippen LogP contribution in [0.2, 0.25) is 0 Å². The summed E-state index contributed by atoms with van der Waals surface area (Å²) in [6, 6.07) is 4.88. The van der Waals surface area contributed by atoms with Crippen molar-refractivity contribution in [3.63, 3.8) is 0 Å². The van der Waals surface area contributed by atoms with Gasteiger partial charge in [0.2, 0.25) is 0 Å². The van der Waals surface area contributed by atoms with Crippen LogP contribution in [0.4, 0.5) is 10.1 Å². The fraction of sp³-hybridized carbons (Fsp3) is 0.538. The summed E-state index contributed by atoms with van der Waals surface area (Å²) in [4.78, 5) is 2.17. The van der Waals surface area contributed by atoms with Crippen molar-refractivity contribution < 1.29 is 9.13 Å². The number of benzene rings is 1. The van der Waals surface area contributed by atoms with Crippen LogP contribution in [0.1, 0.15) is 12.5 Å². The fourth-order valence-electron chi connectivity index (χ4n) is 1.87. The third kappa shape index (κ3) is 3.98. The van der Waals surface area contributed by atoms with Gasteiger partial charge < -0.3 is 15.4 Å². The normalized spacial score (nSPS) is 10.6. The van der Waals surface area contributed by atoms with Crippen molar-refractivity contribution in [2.24, 2.45) is 5.73 Å². The number of hydrogen-bond acceptors (Lipinski definition) is 3. The van der Waals surface area contributed by atoms with E-state index in [1.807, 2.05) is 6.07 Å². The van der Waals surface area contributed by atoms with Gasteiger partial charge in [-0.15, -0.1) is 0 Å². The summed E-state index contributed by atoms with van der Waals surface area (Å²) >= 11 is 0. The number of rotatable bonds is 7. The summed E-state index contributed by atoms with van der Waals surface area (Å²) in [7, 11) is 1.68. The van der Waals surface area contributed by atoms with E-state index in [0.717, 1.165) is 24.3 Å². The van der Waals surface area contributed by atoms with Crippen LogP contribution in [-0.2, 0) is 11.2 Å². The minimum Gasteiger partial charge on any atom is -0.383 e. The van der Waals surface area contributed by atoms with E-state index >= 15 is 0 Å². The third-order valence-electron chi connectivity index (χ3n) is 2.74. The first kappa shape index (κ1) is 13.9. The molecule has 17 heavy (non-hydrogen) atoms. The Morgan fingerprint density at radius 2 is 2.18 bits per heavy atom. The molecule has 0 fully saturated rings. The van der Waals surface area contributed by atoms with Gasteiger partial charge in [-0.25, -0.2) is 4.39 Å². The zero-order chi connectivity index (χ0) is 12.7. The van der Waals surface area contributed by atoms with Crippen molar-refractivity contribution in [1.82, 2.24) is 0 Å². The first-order chi connectivity index (χ1) is 8.22. The van der Waals surface area contributed by atoms with E-state index in [4.69, 9.17) is 10.5 Å². The molecule has 0 aliphatic carbocycles. The summed E-state index contributed by atoms with van der Waals surface area (Å²) in [5, 5.41) is 0. The third-order valence-corrected chi connectivity index (χ3v) is 2.74. The molecule has 0 saturated heterocycles. The number of methoxy groups -OCH3 is 1. The van der Waals surface area contributed by atoms with Gasteiger partial charge in [0.1, 0.15) is 5.82 Å². The number of ether oxygens (including phenoxy) is 1. The highest BCUT2D eigenvalue weighted by Crippen LogP contribution is 2.21. The highest BCUT2D eigenvalue weighted by atomic mass is 19.1. The van der Waals surface area contributed by atoms with E-state index in [2.05, 4.69) is 11.8 Å². The van der Waals surface area contributed by atoms with Gasteiger partial charge in [-0.2, -0.15) is 0 Å². The molecule has 1 aromatic carbocycles. The van der Waals surface area contributed by atoms with E-state index in [1.54, 1.807) is 13.2 Å². The van der Waals surface area contributed by atoms with Crippen LogP contribution in [0.25, 0.3) is 0 Å². The van der Waals surface area contributed by atoms with Crippen LogP contribution in [0.5, 0.6) is 0 Å². The van der Waals surface area contributed by atoms with Crippen LogP contribution in [-0.4, -0.2) is 33.4 Å². The van der Waals surface area contributed by atoms with Crippen LogP contribution in [0.3, 0.4) is 0 Å². The Labute approximate surface area is 102 Å². The molecule has 3 nitrogen and oxygen atoms in total. The van der Waals surface area contributed by atoms with E-state index in [-0.39, 0.29) is 5.82 Å². The topological polar surface area (TPSA) is 38.5 Å². The lowest BCUT2D eigenvalue weighted by molar-refractivity contribution is 0.205. The highest BCUT2D eigenvalue weighted by molar-refractivity contribution is 5.54. The lowest BCUT2D eigenvalue weighted by atomic mass is 10.1. The second kappa shape index (κ2) is 7.25. The second-order valence-electron chi connectivity index (χ2n) is 3.88. The predicted octanol–water partition coefficient (Wildman–Crippen LogP) is 1.80. The lowest BCUT2D eigenvalue weighted by Gasteiger charge is -2.25. The van der Waals surface area contributed by atoms with Gasteiger partial charge >= 0.3 is 0 Å². The van der Waals surface area contributed by atoms with Crippen LogP contribution >= 0.6 is 0 Å². The molecule has 96 valence electrons. The molecule has 0 aromatic heterocycles. The predicted molar refractivity (Wildman–Crippen MR) is 68.9 cm³/mol. The molecular weight excluding hydrogens is 219 g/mol. The Morgan fingerprint density at radius 3 is 2.76 bits per heavy atom. The van der Waals surface area contributed by atoms with Crippen LogP contribution in [0.15, 0.2) is 18.2 Å². The molecule has 1 aromatic rings. The molecule has 0 saturated carbocycles. The quantitative estimate of drug-likeness (QED) is 0.790. The number of hydrogen-bond donors (Lipinski definition) is 1. The molecule has 0 aliphatic heterocycles. The fourth-order valence-corrected chi connectivity index (χ4v) is 1.87. The van der Waals surface area contributed by atoms with Gasteiger partial charge in [-0.05, 0) is 43.7 Å². The summed E-state index contributed by atoms with van der Waals surface area (Å²) in [6.07, 6.45) is 0.691. The molecule has 0 unspecified atom stereocenters. The largest absolute Gasteiger partial charge is 0.383 e. The molecule has 0 amide bonds. The number of halogens is 1. The maximum absolute atomic E-state index is 13.2. The molecule has 0 aliphatic rings. The average Bonchev–Trinajstić information content (AvgIpc) is 2.32. The van der Waals surface area contributed by atoms with Gasteiger partial charge in [-0.1, -0.05) is 0 Å². The van der Waals surface area contributed by atoms with Gasteiger partial charge in [0.05, 0.1) is 6.61 Å². The Balaban J connectivity index is 2.91. The maximum atomic E-state index is 13.2. The van der Waals surface area contributed by atoms with Gasteiger partial charge in [0.25, 0.3) is 0 Å². The molecule has 1 rings (SSSR count). The van der Waals surface area contributed by atoms with Gasteiger partial charge in [-0.3, -0.25) is 0 Å². The zero-order valence-corrected chi connectivity index (χ0v) is 10.6. The monoisotopic (exact) mass is 240 g/mol. The Morgan fingerprint density at radius 1 is 1.41 bits per heavy atom. The minimum atomic E-state index is -0.208. The zero-order valence-electron chi connectivity index (χ0n) is 10.6. The summed E-state index contributed by atoms with van der Waals surface area (Å²) < 4.78 is 18.3. The van der Waals surface area contributed by atoms with Crippen molar-refractivity contribution in [3.05, 3.63) is 29.6 Å². The van der Waals surface area contributed by atoms with Gasteiger partial charge in [0.15, 0.2) is 0 Å². The molecule has 0 bridgehead atoms. The van der Waals surface area contributed by atoms with Crippen molar-refractivity contribution in [1.29, 1.82) is 0 Å². The molecule has 4 heteroatoms. The van der Waals surface area contributed by atoms with E-state index in [1.165, 1.54) is 6.07 Å². The van der Waals surface area contributed by atoms with Crippen molar-refractivity contribution in [2.75, 3.05) is 38.3 Å². The molecule has 0 heterocycles. The Hall–Kier alpha value is -1.13. The number of nitrogens with zero attached hydrogens (tertiary/aromatic N) is 1. The highest BCUT2D eigenvalue weighted by Gasteiger charge is 2.10. The molecule has 2 N–H and O–H groups in total. The minimum absolute atomic E-state index is 0.208. The van der Waals surface area contributed by atoms with Crippen molar-refractivity contribution >= 4 is 5.69 Å². The first-order valence-electron chi connectivity index (χ1n) is 5.95. The first-order valence-corrected chi connectivity index (χ1v) is 5.95. The summed E-state index contributed by atoms with van der Waals surface area (Å²) in [6.45, 7) is 4.93. The average molecular weight is 240 g/mol. The van der Waals surface area contributed by atoms with Crippen molar-refractivity contribution in [3.8, 4) is 0 Å². The number of nitrogens with two attached hydrogens (primary N) is 1.